The summed E-state index contributed by atoms with van der Waals surface area (Å²) in [5.74, 6) is 0. The molecule has 0 amide bonds. The van der Waals surface area contributed by atoms with Gasteiger partial charge in [-0.05, 0) is 25.5 Å². The molecule has 0 aliphatic carbocycles. The van der Waals surface area contributed by atoms with Gasteiger partial charge in [0, 0.05) is 25.6 Å². The molecule has 0 bridgehead atoms. The van der Waals surface area contributed by atoms with Gasteiger partial charge < -0.3 is 9.80 Å². The van der Waals surface area contributed by atoms with Gasteiger partial charge in [-0.2, -0.15) is 0 Å². The molecule has 1 aliphatic heterocycles. The van der Waals surface area contributed by atoms with E-state index in [1.165, 1.54) is 11.3 Å². The molecule has 2 rings (SSSR count). The maximum Gasteiger partial charge on any atom is 0.102 e. The average molecular weight is 189 g/mol. The number of aromatic nitrogens is 1. The maximum atomic E-state index is 4.16. The van der Waals surface area contributed by atoms with Crippen LogP contribution < -0.4 is 4.90 Å². The van der Waals surface area contributed by atoms with E-state index in [9.17, 15) is 0 Å². The predicted octanol–water partition coefficient (Wildman–Crippen LogP) is 1.96. The molecule has 1 unspecified atom stereocenters. The highest BCUT2D eigenvalue weighted by atomic mass is 15.4. The second kappa shape index (κ2) is 3.33. The summed E-state index contributed by atoms with van der Waals surface area (Å²) < 4.78 is 0. The van der Waals surface area contributed by atoms with Crippen LogP contribution in [-0.2, 0) is 0 Å². The summed E-state index contributed by atoms with van der Waals surface area (Å²) in [6.45, 7) is 4.28. The minimum absolute atomic E-state index is 0.373. The third kappa shape index (κ3) is 1.35. The second-order valence-electron chi connectivity index (χ2n) is 3.66. The van der Waals surface area contributed by atoms with Crippen molar-refractivity contribution in [3.05, 3.63) is 36.4 Å². The van der Waals surface area contributed by atoms with Crippen molar-refractivity contribution in [3.63, 3.8) is 0 Å². The zero-order valence-electron chi connectivity index (χ0n) is 8.81. The molecule has 1 aromatic heterocycles. The van der Waals surface area contributed by atoms with Crippen LogP contribution in [0.4, 0.5) is 5.69 Å². The molecule has 1 aromatic rings. The molecule has 0 N–H and O–H groups in total. The van der Waals surface area contributed by atoms with E-state index in [0.29, 0.717) is 6.17 Å². The van der Waals surface area contributed by atoms with Crippen molar-refractivity contribution in [2.45, 2.75) is 20.0 Å². The van der Waals surface area contributed by atoms with Crippen molar-refractivity contribution in [3.8, 4) is 0 Å². The van der Waals surface area contributed by atoms with Gasteiger partial charge >= 0.3 is 0 Å². The predicted molar refractivity (Wildman–Crippen MR) is 57.8 cm³/mol. The Morgan fingerprint density at radius 1 is 1.36 bits per heavy atom. The van der Waals surface area contributed by atoms with Crippen molar-refractivity contribution in [1.29, 1.82) is 0 Å². The van der Waals surface area contributed by atoms with Gasteiger partial charge in [0.1, 0.15) is 6.17 Å². The van der Waals surface area contributed by atoms with Crippen LogP contribution in [0.5, 0.6) is 0 Å². The number of pyridine rings is 1. The Labute approximate surface area is 84.7 Å². The highest BCUT2D eigenvalue weighted by Gasteiger charge is 2.20. The fraction of sp³-hybridized carbons (Fsp3) is 0.364. The minimum atomic E-state index is 0.373. The van der Waals surface area contributed by atoms with Crippen LogP contribution >= 0.6 is 0 Å². The Morgan fingerprint density at radius 2 is 2.14 bits per heavy atom. The molecule has 0 radical (unpaired) electrons. The highest BCUT2D eigenvalue weighted by Crippen LogP contribution is 2.25. The minimum Gasteiger partial charge on any atom is -0.359 e. The van der Waals surface area contributed by atoms with Crippen LogP contribution in [-0.4, -0.2) is 23.1 Å². The van der Waals surface area contributed by atoms with E-state index in [2.05, 4.69) is 48.1 Å². The van der Waals surface area contributed by atoms with Crippen LogP contribution in [0, 0.1) is 6.92 Å². The number of aryl methyl sites for hydroxylation is 1. The molecule has 0 saturated heterocycles. The molecule has 74 valence electrons. The van der Waals surface area contributed by atoms with Crippen LogP contribution in [0.2, 0.25) is 0 Å². The summed E-state index contributed by atoms with van der Waals surface area (Å²) >= 11 is 0. The average Bonchev–Trinajstić information content (AvgIpc) is 2.49. The number of rotatable bonds is 1. The van der Waals surface area contributed by atoms with Gasteiger partial charge in [0.15, 0.2) is 0 Å². The number of nitrogens with zero attached hydrogens (tertiary/aromatic N) is 3. The first kappa shape index (κ1) is 9.06. The fourth-order valence-corrected chi connectivity index (χ4v) is 1.63. The Morgan fingerprint density at radius 3 is 2.71 bits per heavy atom. The monoisotopic (exact) mass is 189 g/mol. The lowest BCUT2D eigenvalue weighted by Gasteiger charge is -2.27. The molecule has 3 heteroatoms. The highest BCUT2D eigenvalue weighted by molar-refractivity contribution is 5.55. The van der Waals surface area contributed by atoms with E-state index < -0.39 is 0 Å². The maximum absolute atomic E-state index is 4.16. The fourth-order valence-electron chi connectivity index (χ4n) is 1.63. The molecule has 1 aliphatic rings. The van der Waals surface area contributed by atoms with E-state index >= 15 is 0 Å². The largest absolute Gasteiger partial charge is 0.359 e. The Bertz CT molecular complexity index is 359. The summed E-state index contributed by atoms with van der Waals surface area (Å²) in [5.41, 5.74) is 2.44. The summed E-state index contributed by atoms with van der Waals surface area (Å²) in [5, 5.41) is 0. The lowest BCUT2D eigenvalue weighted by molar-refractivity contribution is 0.383. The van der Waals surface area contributed by atoms with Crippen LogP contribution in [0.15, 0.2) is 30.9 Å². The van der Waals surface area contributed by atoms with Gasteiger partial charge in [-0.25, -0.2) is 0 Å². The van der Waals surface area contributed by atoms with Gasteiger partial charge in [0.2, 0.25) is 0 Å². The number of hydrogen-bond donors (Lipinski definition) is 0. The molecule has 2 heterocycles. The normalized spacial score (nSPS) is 20.6. The van der Waals surface area contributed by atoms with E-state index in [0.717, 1.165) is 0 Å². The van der Waals surface area contributed by atoms with E-state index in [4.69, 9.17) is 0 Å². The lowest BCUT2D eigenvalue weighted by atomic mass is 10.2. The zero-order chi connectivity index (χ0) is 10.1. The first-order chi connectivity index (χ1) is 6.70. The number of anilines is 1. The third-order valence-electron chi connectivity index (χ3n) is 2.74. The van der Waals surface area contributed by atoms with Crippen molar-refractivity contribution in [2.75, 3.05) is 11.9 Å². The van der Waals surface area contributed by atoms with E-state index in [1.54, 1.807) is 0 Å². The third-order valence-corrected chi connectivity index (χ3v) is 2.74. The Hall–Kier alpha value is -1.51. The number of hydrogen-bond acceptors (Lipinski definition) is 3. The quantitative estimate of drug-likeness (QED) is 0.673. The van der Waals surface area contributed by atoms with E-state index in [1.807, 2.05) is 18.5 Å². The standard InChI is InChI=1S/C11H15N3/c1-9-4-5-12-8-11(9)14-7-6-13(3)10(14)2/h4-8,10H,1-3H3. The summed E-state index contributed by atoms with van der Waals surface area (Å²) in [7, 11) is 2.08. The summed E-state index contributed by atoms with van der Waals surface area (Å²) in [4.78, 5) is 8.55. The first-order valence-electron chi connectivity index (χ1n) is 4.79. The van der Waals surface area contributed by atoms with Gasteiger partial charge in [-0.3, -0.25) is 4.98 Å². The Kier molecular flexibility index (Phi) is 2.15. The molecule has 3 nitrogen and oxygen atoms in total. The van der Waals surface area contributed by atoms with Crippen molar-refractivity contribution < 1.29 is 0 Å². The smallest absolute Gasteiger partial charge is 0.102 e. The zero-order valence-corrected chi connectivity index (χ0v) is 8.81. The second-order valence-corrected chi connectivity index (χ2v) is 3.66. The van der Waals surface area contributed by atoms with Crippen LogP contribution in [0.25, 0.3) is 0 Å². The molecule has 1 atom stereocenters. The van der Waals surface area contributed by atoms with Gasteiger partial charge in [0.25, 0.3) is 0 Å². The first-order valence-corrected chi connectivity index (χ1v) is 4.79. The summed E-state index contributed by atoms with van der Waals surface area (Å²) in [6, 6.07) is 2.04. The molecule has 0 spiro atoms. The lowest BCUT2D eigenvalue weighted by Crippen LogP contribution is -2.33. The SMILES string of the molecule is Cc1ccncc1N1C=CN(C)C1C. The molecule has 14 heavy (non-hydrogen) atoms. The van der Waals surface area contributed by atoms with Crippen molar-refractivity contribution >= 4 is 5.69 Å². The van der Waals surface area contributed by atoms with Crippen molar-refractivity contribution in [1.82, 2.24) is 9.88 Å². The molecule has 0 saturated carbocycles. The van der Waals surface area contributed by atoms with Crippen LogP contribution in [0.1, 0.15) is 12.5 Å². The Balaban J connectivity index is 2.33. The van der Waals surface area contributed by atoms with Crippen LogP contribution in [0.3, 0.4) is 0 Å². The summed E-state index contributed by atoms with van der Waals surface area (Å²) in [6.07, 6.45) is 8.28. The van der Waals surface area contributed by atoms with Gasteiger partial charge in [-0.15, -0.1) is 0 Å². The van der Waals surface area contributed by atoms with E-state index in [-0.39, 0.29) is 0 Å². The van der Waals surface area contributed by atoms with Crippen molar-refractivity contribution in [2.24, 2.45) is 0 Å². The topological polar surface area (TPSA) is 19.4 Å². The molecule has 0 aromatic carbocycles. The molecular weight excluding hydrogens is 174 g/mol. The molecular formula is C11H15N3. The molecule has 0 fully saturated rings. The van der Waals surface area contributed by atoms with Gasteiger partial charge in [0.05, 0.1) is 11.9 Å². The van der Waals surface area contributed by atoms with Gasteiger partial charge in [-0.1, -0.05) is 0 Å².